The molecule has 0 saturated carbocycles. The lowest BCUT2D eigenvalue weighted by Gasteiger charge is -2.30. The number of para-hydroxylation sites is 1. The van der Waals surface area contributed by atoms with E-state index >= 15 is 0 Å². The van der Waals surface area contributed by atoms with Crippen LogP contribution in [0.2, 0.25) is 0 Å². The van der Waals surface area contributed by atoms with Crippen LogP contribution >= 0.6 is 0 Å². The summed E-state index contributed by atoms with van der Waals surface area (Å²) in [4.78, 5) is 7.01. The number of aryl methyl sites for hydroxylation is 1. The molecule has 1 saturated heterocycles. The molecule has 0 amide bonds. The number of piperazine rings is 1. The first-order valence-electron chi connectivity index (χ1n) is 6.16. The van der Waals surface area contributed by atoms with Gasteiger partial charge in [-0.1, -0.05) is 12.1 Å². The van der Waals surface area contributed by atoms with Crippen LogP contribution in [-0.4, -0.2) is 31.2 Å². The summed E-state index contributed by atoms with van der Waals surface area (Å²) in [7, 11) is 0. The van der Waals surface area contributed by atoms with E-state index in [-0.39, 0.29) is 0 Å². The molecule has 1 aromatic heterocycles. The number of nitrogens with one attached hydrogen (secondary N) is 1. The van der Waals surface area contributed by atoms with Gasteiger partial charge in [0.2, 0.25) is 0 Å². The molecule has 3 rings (SSSR count). The first-order valence-corrected chi connectivity index (χ1v) is 6.16. The Balaban J connectivity index is 2.09. The van der Waals surface area contributed by atoms with Crippen molar-refractivity contribution in [3.05, 3.63) is 36.0 Å². The molecule has 17 heavy (non-hydrogen) atoms. The summed E-state index contributed by atoms with van der Waals surface area (Å²) in [5.74, 6) is 0. The van der Waals surface area contributed by atoms with Gasteiger partial charge in [0, 0.05) is 37.8 Å². The van der Waals surface area contributed by atoms with Crippen LogP contribution in [0.4, 0.5) is 5.69 Å². The van der Waals surface area contributed by atoms with Gasteiger partial charge in [0.05, 0.1) is 11.2 Å². The third-order valence-electron chi connectivity index (χ3n) is 3.28. The molecule has 2 heterocycles. The van der Waals surface area contributed by atoms with Gasteiger partial charge < -0.3 is 10.2 Å². The topological polar surface area (TPSA) is 28.2 Å². The second-order valence-corrected chi connectivity index (χ2v) is 4.60. The van der Waals surface area contributed by atoms with E-state index in [0.717, 1.165) is 31.7 Å². The van der Waals surface area contributed by atoms with Crippen LogP contribution in [0.15, 0.2) is 30.5 Å². The number of nitrogens with zero attached hydrogens (tertiary/aromatic N) is 2. The summed E-state index contributed by atoms with van der Waals surface area (Å²) >= 11 is 0. The van der Waals surface area contributed by atoms with Crippen LogP contribution in [0.25, 0.3) is 10.9 Å². The van der Waals surface area contributed by atoms with E-state index < -0.39 is 0 Å². The fourth-order valence-corrected chi connectivity index (χ4v) is 2.42. The zero-order chi connectivity index (χ0) is 11.7. The van der Waals surface area contributed by atoms with E-state index in [2.05, 4.69) is 46.4 Å². The molecule has 1 aliphatic rings. The molecule has 2 aromatic rings. The van der Waals surface area contributed by atoms with E-state index in [4.69, 9.17) is 0 Å². The highest BCUT2D eigenvalue weighted by atomic mass is 15.2. The quantitative estimate of drug-likeness (QED) is 0.807. The Kier molecular flexibility index (Phi) is 2.69. The molecule has 0 bridgehead atoms. The van der Waals surface area contributed by atoms with Gasteiger partial charge in [-0.25, -0.2) is 0 Å². The first kappa shape index (κ1) is 10.5. The van der Waals surface area contributed by atoms with E-state index in [0.29, 0.717) is 0 Å². The van der Waals surface area contributed by atoms with Crippen LogP contribution in [0.3, 0.4) is 0 Å². The van der Waals surface area contributed by atoms with Crippen molar-refractivity contribution in [2.75, 3.05) is 31.1 Å². The van der Waals surface area contributed by atoms with Crippen molar-refractivity contribution < 1.29 is 0 Å². The molecule has 0 spiro atoms. The predicted octanol–water partition coefficient (Wildman–Crippen LogP) is 1.95. The average molecular weight is 227 g/mol. The van der Waals surface area contributed by atoms with Crippen LogP contribution < -0.4 is 10.2 Å². The summed E-state index contributed by atoms with van der Waals surface area (Å²) in [5.41, 5.74) is 3.61. The largest absolute Gasteiger partial charge is 0.367 e. The number of anilines is 1. The number of hydrogen-bond donors (Lipinski definition) is 1. The van der Waals surface area contributed by atoms with E-state index in [9.17, 15) is 0 Å². The first-order chi connectivity index (χ1) is 8.34. The monoisotopic (exact) mass is 227 g/mol. The normalized spacial score (nSPS) is 16.4. The average Bonchev–Trinajstić information content (AvgIpc) is 2.39. The summed E-state index contributed by atoms with van der Waals surface area (Å²) in [6.07, 6.45) is 1.95. The Hall–Kier alpha value is -1.61. The van der Waals surface area contributed by atoms with Crippen molar-refractivity contribution in [1.82, 2.24) is 10.3 Å². The Morgan fingerprint density at radius 3 is 2.88 bits per heavy atom. The number of rotatable bonds is 1. The van der Waals surface area contributed by atoms with Gasteiger partial charge in [0.15, 0.2) is 0 Å². The minimum atomic E-state index is 1.06. The molecule has 1 aliphatic heterocycles. The summed E-state index contributed by atoms with van der Waals surface area (Å²) in [6.45, 7) is 6.33. The summed E-state index contributed by atoms with van der Waals surface area (Å²) in [5, 5.41) is 4.62. The van der Waals surface area contributed by atoms with Gasteiger partial charge in [-0.2, -0.15) is 0 Å². The molecular formula is C14H17N3. The molecule has 1 aromatic carbocycles. The highest BCUT2D eigenvalue weighted by Gasteiger charge is 2.13. The smallest absolute Gasteiger partial charge is 0.0935 e. The Bertz CT molecular complexity index is 530. The maximum absolute atomic E-state index is 4.59. The van der Waals surface area contributed by atoms with Gasteiger partial charge in [0.25, 0.3) is 0 Å². The molecule has 0 aliphatic carbocycles. The number of aromatic nitrogens is 1. The van der Waals surface area contributed by atoms with Gasteiger partial charge in [-0.15, -0.1) is 0 Å². The zero-order valence-electron chi connectivity index (χ0n) is 10.1. The van der Waals surface area contributed by atoms with Crippen LogP contribution in [0, 0.1) is 6.92 Å². The maximum atomic E-state index is 4.59. The Morgan fingerprint density at radius 1 is 1.24 bits per heavy atom. The second-order valence-electron chi connectivity index (χ2n) is 4.60. The minimum absolute atomic E-state index is 1.06. The highest BCUT2D eigenvalue weighted by Crippen LogP contribution is 2.25. The highest BCUT2D eigenvalue weighted by molar-refractivity contribution is 5.91. The lowest BCUT2D eigenvalue weighted by molar-refractivity contribution is 0.590. The molecule has 88 valence electrons. The molecular weight excluding hydrogens is 210 g/mol. The standard InChI is InChI=1S/C14H17N3/c1-11-9-12-3-2-4-13(14(12)16-10-11)17-7-5-15-6-8-17/h2-4,9-10,15H,5-8H2,1H3. The number of pyridine rings is 1. The van der Waals surface area contributed by atoms with Crippen molar-refractivity contribution in [3.8, 4) is 0 Å². The van der Waals surface area contributed by atoms with Gasteiger partial charge in [-0.05, 0) is 24.6 Å². The number of fused-ring (bicyclic) bond motifs is 1. The van der Waals surface area contributed by atoms with Gasteiger partial charge in [0.1, 0.15) is 0 Å². The second kappa shape index (κ2) is 4.34. The fraction of sp³-hybridized carbons (Fsp3) is 0.357. The Labute approximate surface area is 101 Å². The number of benzene rings is 1. The summed E-state index contributed by atoms with van der Waals surface area (Å²) in [6, 6.07) is 8.64. The molecule has 3 nitrogen and oxygen atoms in total. The third kappa shape index (κ3) is 1.98. The lowest BCUT2D eigenvalue weighted by Crippen LogP contribution is -2.43. The molecule has 1 fully saturated rings. The SMILES string of the molecule is Cc1cnc2c(N3CCNCC3)cccc2c1. The summed E-state index contributed by atoms with van der Waals surface area (Å²) < 4.78 is 0. The molecule has 0 unspecified atom stereocenters. The van der Waals surface area contributed by atoms with Crippen LogP contribution in [0.5, 0.6) is 0 Å². The Morgan fingerprint density at radius 2 is 2.06 bits per heavy atom. The maximum Gasteiger partial charge on any atom is 0.0935 e. The lowest BCUT2D eigenvalue weighted by atomic mass is 10.1. The zero-order valence-corrected chi connectivity index (χ0v) is 10.1. The van der Waals surface area contributed by atoms with Crippen LogP contribution in [0.1, 0.15) is 5.56 Å². The van der Waals surface area contributed by atoms with Crippen molar-refractivity contribution >= 4 is 16.6 Å². The molecule has 1 N–H and O–H groups in total. The minimum Gasteiger partial charge on any atom is -0.367 e. The molecule has 0 radical (unpaired) electrons. The molecule has 0 atom stereocenters. The number of hydrogen-bond acceptors (Lipinski definition) is 3. The van der Waals surface area contributed by atoms with Gasteiger partial charge >= 0.3 is 0 Å². The van der Waals surface area contributed by atoms with Gasteiger partial charge in [-0.3, -0.25) is 4.98 Å². The van der Waals surface area contributed by atoms with Crippen molar-refractivity contribution in [1.29, 1.82) is 0 Å². The van der Waals surface area contributed by atoms with E-state index in [1.807, 2.05) is 6.20 Å². The van der Waals surface area contributed by atoms with Crippen LogP contribution in [-0.2, 0) is 0 Å². The van der Waals surface area contributed by atoms with Crippen molar-refractivity contribution in [3.63, 3.8) is 0 Å². The third-order valence-corrected chi connectivity index (χ3v) is 3.28. The fourth-order valence-electron chi connectivity index (χ4n) is 2.42. The van der Waals surface area contributed by atoms with E-state index in [1.54, 1.807) is 0 Å². The van der Waals surface area contributed by atoms with E-state index in [1.165, 1.54) is 16.6 Å². The molecule has 3 heteroatoms. The van der Waals surface area contributed by atoms with Crippen molar-refractivity contribution in [2.45, 2.75) is 6.92 Å². The predicted molar refractivity (Wildman–Crippen MR) is 71.6 cm³/mol. The van der Waals surface area contributed by atoms with Crippen molar-refractivity contribution in [2.24, 2.45) is 0 Å².